The Morgan fingerprint density at radius 2 is 1.73 bits per heavy atom. The summed E-state index contributed by atoms with van der Waals surface area (Å²) in [5.74, 6) is 1.09. The van der Waals surface area contributed by atoms with Crippen molar-refractivity contribution < 1.29 is 12.9 Å². The Balaban J connectivity index is 1.27. The summed E-state index contributed by atoms with van der Waals surface area (Å²) in [4.78, 5) is 11.3. The van der Waals surface area contributed by atoms with Crippen molar-refractivity contribution in [3.8, 4) is 11.4 Å². The molecule has 2 aromatic heterocycles. The molecule has 1 aliphatic rings. The van der Waals surface area contributed by atoms with E-state index in [1.807, 2.05) is 50.2 Å². The van der Waals surface area contributed by atoms with Gasteiger partial charge in [-0.15, -0.1) is 0 Å². The summed E-state index contributed by atoms with van der Waals surface area (Å²) in [5.41, 5.74) is 3.76. The van der Waals surface area contributed by atoms with Gasteiger partial charge in [-0.3, -0.25) is 9.88 Å². The third kappa shape index (κ3) is 4.27. The lowest BCUT2D eigenvalue weighted by Crippen LogP contribution is -2.48. The van der Waals surface area contributed by atoms with Crippen molar-refractivity contribution >= 4 is 20.9 Å². The van der Waals surface area contributed by atoms with Crippen molar-refractivity contribution in [1.29, 1.82) is 0 Å². The SMILES string of the molecule is Cc1ccc(-c2noc(CN3CCN(S(=O)(=O)c4ccc(C)c5ncccc45)CC3)n2)cc1. The highest BCUT2D eigenvalue weighted by Crippen LogP contribution is 2.27. The van der Waals surface area contributed by atoms with E-state index in [-0.39, 0.29) is 0 Å². The first-order chi connectivity index (χ1) is 15.9. The van der Waals surface area contributed by atoms with Crippen molar-refractivity contribution in [2.75, 3.05) is 26.2 Å². The molecule has 0 amide bonds. The highest BCUT2D eigenvalue weighted by molar-refractivity contribution is 7.89. The Labute approximate surface area is 192 Å². The van der Waals surface area contributed by atoms with E-state index in [9.17, 15) is 8.42 Å². The van der Waals surface area contributed by atoms with Gasteiger partial charge in [0.15, 0.2) is 0 Å². The smallest absolute Gasteiger partial charge is 0.243 e. The standard InChI is InChI=1S/C24H25N5O3S/c1-17-5-8-19(9-6-17)24-26-22(32-27-24)16-28-12-14-29(15-13-28)33(30,31)21-10-7-18(2)23-20(21)4-3-11-25-23/h3-11H,12-16H2,1-2H3. The average molecular weight is 464 g/mol. The Morgan fingerprint density at radius 1 is 0.970 bits per heavy atom. The van der Waals surface area contributed by atoms with Crippen LogP contribution in [-0.2, 0) is 16.6 Å². The summed E-state index contributed by atoms with van der Waals surface area (Å²) >= 11 is 0. The lowest BCUT2D eigenvalue weighted by atomic mass is 10.1. The molecule has 8 nitrogen and oxygen atoms in total. The summed E-state index contributed by atoms with van der Waals surface area (Å²) in [5, 5.41) is 4.75. The highest BCUT2D eigenvalue weighted by atomic mass is 32.2. The highest BCUT2D eigenvalue weighted by Gasteiger charge is 2.30. The topological polar surface area (TPSA) is 92.4 Å². The van der Waals surface area contributed by atoms with E-state index in [2.05, 4.69) is 20.0 Å². The lowest BCUT2D eigenvalue weighted by molar-refractivity contribution is 0.163. The van der Waals surface area contributed by atoms with Crippen LogP contribution in [0.5, 0.6) is 0 Å². The molecule has 0 atom stereocenters. The van der Waals surface area contributed by atoms with Gasteiger partial charge in [-0.05, 0) is 37.6 Å². The molecule has 170 valence electrons. The maximum Gasteiger partial charge on any atom is 0.243 e. The average Bonchev–Trinajstić information content (AvgIpc) is 3.28. The van der Waals surface area contributed by atoms with Gasteiger partial charge >= 0.3 is 0 Å². The van der Waals surface area contributed by atoms with Gasteiger partial charge in [-0.25, -0.2) is 8.42 Å². The molecule has 0 N–H and O–H groups in total. The number of piperazine rings is 1. The molecule has 1 saturated heterocycles. The largest absolute Gasteiger partial charge is 0.338 e. The monoisotopic (exact) mass is 463 g/mol. The van der Waals surface area contributed by atoms with E-state index in [1.165, 1.54) is 5.56 Å². The van der Waals surface area contributed by atoms with Crippen molar-refractivity contribution in [2.45, 2.75) is 25.3 Å². The van der Waals surface area contributed by atoms with Crippen LogP contribution in [-0.4, -0.2) is 58.9 Å². The first-order valence-electron chi connectivity index (χ1n) is 10.9. The minimum Gasteiger partial charge on any atom is -0.338 e. The van der Waals surface area contributed by atoms with Gasteiger partial charge < -0.3 is 4.52 Å². The minimum atomic E-state index is -3.62. The van der Waals surface area contributed by atoms with Crippen LogP contribution in [0.15, 0.2) is 64.1 Å². The summed E-state index contributed by atoms with van der Waals surface area (Å²) in [7, 11) is -3.62. The molecule has 3 heterocycles. The number of nitrogens with zero attached hydrogens (tertiary/aromatic N) is 5. The molecular formula is C24H25N5O3S. The van der Waals surface area contributed by atoms with E-state index in [1.54, 1.807) is 22.6 Å². The van der Waals surface area contributed by atoms with Crippen LogP contribution in [0.1, 0.15) is 17.0 Å². The zero-order valence-electron chi connectivity index (χ0n) is 18.6. The zero-order chi connectivity index (χ0) is 23.0. The second-order valence-electron chi connectivity index (χ2n) is 8.34. The minimum absolute atomic E-state index is 0.310. The van der Waals surface area contributed by atoms with E-state index in [0.717, 1.165) is 16.6 Å². The number of pyridine rings is 1. The molecule has 1 fully saturated rings. The molecule has 0 radical (unpaired) electrons. The molecule has 0 unspecified atom stereocenters. The molecule has 33 heavy (non-hydrogen) atoms. The van der Waals surface area contributed by atoms with Crippen LogP contribution in [0.4, 0.5) is 0 Å². The van der Waals surface area contributed by atoms with Gasteiger partial charge in [-0.1, -0.05) is 41.1 Å². The van der Waals surface area contributed by atoms with Crippen molar-refractivity contribution in [2.24, 2.45) is 0 Å². The normalized spacial score (nSPS) is 15.8. The van der Waals surface area contributed by atoms with Crippen LogP contribution in [0.25, 0.3) is 22.3 Å². The third-order valence-corrected chi connectivity index (χ3v) is 7.97. The number of sulfonamides is 1. The fourth-order valence-corrected chi connectivity index (χ4v) is 5.71. The van der Waals surface area contributed by atoms with Gasteiger partial charge in [0, 0.05) is 43.3 Å². The maximum atomic E-state index is 13.4. The Bertz CT molecular complexity index is 1390. The first-order valence-corrected chi connectivity index (χ1v) is 12.3. The summed E-state index contributed by atoms with van der Waals surface area (Å²) in [6.07, 6.45) is 1.69. The van der Waals surface area contributed by atoms with E-state index in [4.69, 9.17) is 4.52 Å². The van der Waals surface area contributed by atoms with Crippen molar-refractivity contribution in [3.63, 3.8) is 0 Å². The molecule has 2 aromatic carbocycles. The molecule has 0 bridgehead atoms. The molecule has 1 aliphatic heterocycles. The fourth-order valence-electron chi connectivity index (χ4n) is 4.11. The summed E-state index contributed by atoms with van der Waals surface area (Å²) in [6, 6.07) is 15.1. The van der Waals surface area contributed by atoms with E-state index >= 15 is 0 Å². The number of aromatic nitrogens is 3. The second kappa shape index (κ2) is 8.66. The molecular weight excluding hydrogens is 438 g/mol. The van der Waals surface area contributed by atoms with Gasteiger partial charge in [0.25, 0.3) is 0 Å². The zero-order valence-corrected chi connectivity index (χ0v) is 19.4. The number of aryl methyl sites for hydroxylation is 2. The lowest BCUT2D eigenvalue weighted by Gasteiger charge is -2.33. The molecule has 0 aliphatic carbocycles. The van der Waals surface area contributed by atoms with E-state index < -0.39 is 10.0 Å². The van der Waals surface area contributed by atoms with Crippen LogP contribution in [0, 0.1) is 13.8 Å². The number of hydrogen-bond acceptors (Lipinski definition) is 7. The summed E-state index contributed by atoms with van der Waals surface area (Å²) in [6.45, 7) is 6.43. The molecule has 0 spiro atoms. The predicted octanol–water partition coefficient (Wildman–Crippen LogP) is 3.41. The summed E-state index contributed by atoms with van der Waals surface area (Å²) < 4.78 is 33.8. The van der Waals surface area contributed by atoms with E-state index in [0.29, 0.717) is 54.7 Å². The predicted molar refractivity (Wildman–Crippen MR) is 125 cm³/mol. The Kier molecular flexibility index (Phi) is 5.69. The second-order valence-corrected chi connectivity index (χ2v) is 10.2. The third-order valence-electron chi connectivity index (χ3n) is 6.02. The number of fused-ring (bicyclic) bond motifs is 1. The fraction of sp³-hybridized carbons (Fsp3) is 0.292. The number of rotatable bonds is 5. The Hall–Kier alpha value is -3.14. The van der Waals surface area contributed by atoms with Gasteiger partial charge in [0.1, 0.15) is 0 Å². The first kappa shape index (κ1) is 21.7. The molecule has 4 aromatic rings. The quantitative estimate of drug-likeness (QED) is 0.448. The molecule has 9 heteroatoms. The van der Waals surface area contributed by atoms with Crippen molar-refractivity contribution in [3.05, 3.63) is 71.7 Å². The van der Waals surface area contributed by atoms with Crippen LogP contribution >= 0.6 is 0 Å². The molecule has 5 rings (SSSR count). The van der Waals surface area contributed by atoms with Crippen LogP contribution < -0.4 is 0 Å². The molecule has 0 saturated carbocycles. The van der Waals surface area contributed by atoms with Gasteiger partial charge in [0.2, 0.25) is 21.7 Å². The number of benzene rings is 2. The Morgan fingerprint density at radius 3 is 2.48 bits per heavy atom. The van der Waals surface area contributed by atoms with Gasteiger partial charge in [0.05, 0.1) is 17.0 Å². The van der Waals surface area contributed by atoms with Crippen LogP contribution in [0.3, 0.4) is 0 Å². The van der Waals surface area contributed by atoms with Gasteiger partial charge in [-0.2, -0.15) is 9.29 Å². The van der Waals surface area contributed by atoms with Crippen molar-refractivity contribution in [1.82, 2.24) is 24.3 Å². The maximum absolute atomic E-state index is 13.4. The number of hydrogen-bond donors (Lipinski definition) is 0. The van der Waals surface area contributed by atoms with Crippen LogP contribution in [0.2, 0.25) is 0 Å².